The number of carbonyl (C=O) groups excluding carboxylic acids is 1. The van der Waals surface area contributed by atoms with Crippen LogP contribution in [0, 0.1) is 0 Å². The lowest BCUT2D eigenvalue weighted by Crippen LogP contribution is -2.16. The van der Waals surface area contributed by atoms with Crippen molar-refractivity contribution in [3.8, 4) is 11.8 Å². The molecule has 7 nitrogen and oxygen atoms in total. The van der Waals surface area contributed by atoms with Crippen LogP contribution in [0.3, 0.4) is 0 Å². The van der Waals surface area contributed by atoms with Gasteiger partial charge in [0.25, 0.3) is 0 Å². The Morgan fingerprint density at radius 1 is 1.33 bits per heavy atom. The predicted octanol–water partition coefficient (Wildman–Crippen LogP) is 2.37. The number of aromatic nitrogens is 3. The van der Waals surface area contributed by atoms with E-state index >= 15 is 0 Å². The SMILES string of the molecule is CCOc1n[nH]c(NC(=O)CCOc2ccc(Br)cc2)n1. The van der Waals surface area contributed by atoms with E-state index in [1.165, 1.54) is 0 Å². The van der Waals surface area contributed by atoms with E-state index in [9.17, 15) is 4.79 Å². The number of halogens is 1. The molecule has 8 heteroatoms. The van der Waals surface area contributed by atoms with Gasteiger partial charge in [-0.3, -0.25) is 10.1 Å². The van der Waals surface area contributed by atoms with Crippen molar-refractivity contribution >= 4 is 27.8 Å². The fraction of sp³-hybridized carbons (Fsp3) is 0.308. The molecule has 0 atom stereocenters. The summed E-state index contributed by atoms with van der Waals surface area (Å²) >= 11 is 3.34. The maximum Gasteiger partial charge on any atom is 0.337 e. The number of ether oxygens (including phenoxy) is 2. The highest BCUT2D eigenvalue weighted by Gasteiger charge is 2.08. The molecule has 0 saturated carbocycles. The highest BCUT2D eigenvalue weighted by atomic mass is 79.9. The monoisotopic (exact) mass is 354 g/mol. The van der Waals surface area contributed by atoms with E-state index in [1.54, 1.807) is 0 Å². The lowest BCUT2D eigenvalue weighted by Gasteiger charge is -2.05. The van der Waals surface area contributed by atoms with Gasteiger partial charge in [0.05, 0.1) is 19.6 Å². The molecule has 2 rings (SSSR count). The van der Waals surface area contributed by atoms with Gasteiger partial charge in [-0.25, -0.2) is 5.10 Å². The summed E-state index contributed by atoms with van der Waals surface area (Å²) in [6.45, 7) is 2.57. The van der Waals surface area contributed by atoms with Crippen LogP contribution < -0.4 is 14.8 Å². The summed E-state index contributed by atoms with van der Waals surface area (Å²) in [5, 5.41) is 8.94. The maximum atomic E-state index is 11.7. The molecule has 0 saturated heterocycles. The second-order valence-electron chi connectivity index (χ2n) is 4.00. The van der Waals surface area contributed by atoms with Gasteiger partial charge in [0.15, 0.2) is 0 Å². The summed E-state index contributed by atoms with van der Waals surface area (Å²) < 4.78 is 11.5. The lowest BCUT2D eigenvalue weighted by atomic mass is 10.3. The number of carbonyl (C=O) groups is 1. The molecule has 0 aliphatic carbocycles. The van der Waals surface area contributed by atoms with E-state index < -0.39 is 0 Å². The number of benzene rings is 1. The average molecular weight is 355 g/mol. The molecule has 0 aliphatic heterocycles. The zero-order chi connectivity index (χ0) is 15.1. The quantitative estimate of drug-likeness (QED) is 0.796. The van der Waals surface area contributed by atoms with Crippen molar-refractivity contribution in [2.75, 3.05) is 18.5 Å². The number of H-pyrrole nitrogens is 1. The number of hydrogen-bond donors (Lipinski definition) is 2. The van der Waals surface area contributed by atoms with E-state index in [0.717, 1.165) is 4.47 Å². The summed E-state index contributed by atoms with van der Waals surface area (Å²) in [5.41, 5.74) is 0. The molecule has 0 bridgehead atoms. The Balaban J connectivity index is 1.72. The lowest BCUT2D eigenvalue weighted by molar-refractivity contribution is -0.116. The minimum atomic E-state index is -0.216. The van der Waals surface area contributed by atoms with Crippen molar-refractivity contribution in [2.45, 2.75) is 13.3 Å². The molecule has 0 aliphatic rings. The number of hydrogen-bond acceptors (Lipinski definition) is 5. The van der Waals surface area contributed by atoms with E-state index in [2.05, 4.69) is 36.4 Å². The smallest absolute Gasteiger partial charge is 0.337 e. The minimum absolute atomic E-state index is 0.207. The van der Waals surface area contributed by atoms with Crippen LogP contribution in [0.25, 0.3) is 0 Å². The van der Waals surface area contributed by atoms with Gasteiger partial charge >= 0.3 is 6.01 Å². The van der Waals surface area contributed by atoms with Crippen LogP contribution in [0.15, 0.2) is 28.7 Å². The molecular weight excluding hydrogens is 340 g/mol. The third kappa shape index (κ3) is 5.07. The van der Waals surface area contributed by atoms with Crippen molar-refractivity contribution in [1.82, 2.24) is 15.2 Å². The fourth-order valence-electron chi connectivity index (χ4n) is 1.48. The van der Waals surface area contributed by atoms with Crippen molar-refractivity contribution < 1.29 is 14.3 Å². The van der Waals surface area contributed by atoms with Gasteiger partial charge in [-0.2, -0.15) is 4.98 Å². The molecule has 1 amide bonds. The molecular formula is C13H15BrN4O3. The van der Waals surface area contributed by atoms with Gasteiger partial charge in [0, 0.05) is 4.47 Å². The number of nitrogens with one attached hydrogen (secondary N) is 2. The first-order chi connectivity index (χ1) is 10.2. The Hall–Kier alpha value is -2.09. The molecule has 0 fully saturated rings. The third-order valence-corrected chi connectivity index (χ3v) is 2.94. The number of nitrogens with zero attached hydrogens (tertiary/aromatic N) is 2. The van der Waals surface area contributed by atoms with Crippen molar-refractivity contribution in [2.24, 2.45) is 0 Å². The first kappa shape index (κ1) is 15.3. The van der Waals surface area contributed by atoms with E-state index in [-0.39, 0.29) is 30.9 Å². The predicted molar refractivity (Wildman–Crippen MR) is 80.4 cm³/mol. The molecule has 1 aromatic heterocycles. The van der Waals surface area contributed by atoms with Gasteiger partial charge in [-0.1, -0.05) is 15.9 Å². The number of amides is 1. The number of anilines is 1. The molecule has 2 aromatic rings. The first-order valence-corrected chi connectivity index (χ1v) is 7.20. The maximum absolute atomic E-state index is 11.7. The standard InChI is InChI=1S/C13H15BrN4O3/c1-2-20-13-16-12(17-18-13)15-11(19)7-8-21-10-5-3-9(14)4-6-10/h3-6H,2,7-8H2,1H3,(H2,15,16,17,18,19). The Labute approximate surface area is 130 Å². The van der Waals surface area contributed by atoms with Crippen LogP contribution in [0.4, 0.5) is 5.95 Å². The Morgan fingerprint density at radius 3 is 2.81 bits per heavy atom. The van der Waals surface area contributed by atoms with Crippen LogP contribution in [0.5, 0.6) is 11.8 Å². The Kier molecular flexibility index (Phi) is 5.56. The summed E-state index contributed by atoms with van der Waals surface area (Å²) in [4.78, 5) is 15.6. The molecule has 21 heavy (non-hydrogen) atoms. The first-order valence-electron chi connectivity index (χ1n) is 6.41. The van der Waals surface area contributed by atoms with Gasteiger partial charge in [0.2, 0.25) is 11.9 Å². The topological polar surface area (TPSA) is 89.1 Å². The largest absolute Gasteiger partial charge is 0.493 e. The zero-order valence-corrected chi connectivity index (χ0v) is 13.0. The molecule has 0 spiro atoms. The minimum Gasteiger partial charge on any atom is -0.493 e. The third-order valence-electron chi connectivity index (χ3n) is 2.41. The van der Waals surface area contributed by atoms with E-state index in [4.69, 9.17) is 9.47 Å². The fourth-order valence-corrected chi connectivity index (χ4v) is 1.75. The van der Waals surface area contributed by atoms with E-state index in [0.29, 0.717) is 12.4 Å². The van der Waals surface area contributed by atoms with E-state index in [1.807, 2.05) is 31.2 Å². The average Bonchev–Trinajstić information content (AvgIpc) is 2.89. The van der Waals surface area contributed by atoms with Crippen LogP contribution >= 0.6 is 15.9 Å². The molecule has 0 unspecified atom stereocenters. The summed E-state index contributed by atoms with van der Waals surface area (Å²) in [6, 6.07) is 7.61. The number of rotatable bonds is 7. The van der Waals surface area contributed by atoms with Crippen molar-refractivity contribution in [3.05, 3.63) is 28.7 Å². The molecule has 2 N–H and O–H groups in total. The molecule has 0 radical (unpaired) electrons. The van der Waals surface area contributed by atoms with Crippen molar-refractivity contribution in [3.63, 3.8) is 0 Å². The summed E-state index contributed by atoms with van der Waals surface area (Å²) in [6.07, 6.45) is 0.209. The van der Waals surface area contributed by atoms with Crippen LogP contribution in [0.1, 0.15) is 13.3 Å². The van der Waals surface area contributed by atoms with Crippen molar-refractivity contribution in [1.29, 1.82) is 0 Å². The van der Waals surface area contributed by atoms with Gasteiger partial charge in [0.1, 0.15) is 5.75 Å². The van der Waals surface area contributed by atoms with Crippen LogP contribution in [-0.2, 0) is 4.79 Å². The second-order valence-corrected chi connectivity index (χ2v) is 4.92. The molecule has 1 heterocycles. The van der Waals surface area contributed by atoms with Gasteiger partial charge < -0.3 is 9.47 Å². The highest BCUT2D eigenvalue weighted by Crippen LogP contribution is 2.16. The van der Waals surface area contributed by atoms with Crippen LogP contribution in [-0.4, -0.2) is 34.3 Å². The Bertz CT molecular complexity index is 585. The molecule has 1 aromatic carbocycles. The van der Waals surface area contributed by atoms with Crippen LogP contribution in [0.2, 0.25) is 0 Å². The zero-order valence-electron chi connectivity index (χ0n) is 11.4. The Morgan fingerprint density at radius 2 is 2.10 bits per heavy atom. The summed E-state index contributed by atoms with van der Waals surface area (Å²) in [5.74, 6) is 0.752. The van der Waals surface area contributed by atoms with Gasteiger partial charge in [-0.15, -0.1) is 5.10 Å². The highest BCUT2D eigenvalue weighted by molar-refractivity contribution is 9.10. The second kappa shape index (κ2) is 7.63. The molecule has 112 valence electrons. The summed E-state index contributed by atoms with van der Waals surface area (Å²) in [7, 11) is 0. The van der Waals surface area contributed by atoms with Gasteiger partial charge in [-0.05, 0) is 31.2 Å². The number of aromatic amines is 1. The normalized spacial score (nSPS) is 10.2.